The molecule has 0 bridgehead atoms. The molecule has 8 nitrogen and oxygen atoms in total. The molecule has 0 saturated carbocycles. The van der Waals surface area contributed by atoms with Gasteiger partial charge in [-0.1, -0.05) is 23.9 Å². The summed E-state index contributed by atoms with van der Waals surface area (Å²) >= 11 is 0.663. The first kappa shape index (κ1) is 19.6. The molecule has 0 fully saturated rings. The molecule has 1 aromatic carbocycles. The van der Waals surface area contributed by atoms with Gasteiger partial charge >= 0.3 is 11.9 Å². The Labute approximate surface area is 153 Å². The van der Waals surface area contributed by atoms with Gasteiger partial charge in [0, 0.05) is 13.3 Å². The highest BCUT2D eigenvalue weighted by Crippen LogP contribution is 2.29. The maximum absolute atomic E-state index is 12.6. The zero-order chi connectivity index (χ0) is 19.4. The van der Waals surface area contributed by atoms with Crippen LogP contribution in [-0.2, 0) is 23.9 Å². The molecular formula is C17H17NO7S. The number of hydrogen-bond acceptors (Lipinski definition) is 8. The van der Waals surface area contributed by atoms with E-state index >= 15 is 0 Å². The van der Waals surface area contributed by atoms with Crippen molar-refractivity contribution in [3.8, 4) is 0 Å². The van der Waals surface area contributed by atoms with Gasteiger partial charge in [0.05, 0.1) is 25.3 Å². The van der Waals surface area contributed by atoms with E-state index in [1.807, 2.05) is 0 Å². The highest BCUT2D eigenvalue weighted by atomic mass is 32.2. The molecule has 0 spiro atoms. The van der Waals surface area contributed by atoms with Gasteiger partial charge in [-0.05, 0) is 12.1 Å². The van der Waals surface area contributed by atoms with Crippen LogP contribution in [0.3, 0.4) is 0 Å². The summed E-state index contributed by atoms with van der Waals surface area (Å²) in [6, 6.07) is 4.80. The van der Waals surface area contributed by atoms with E-state index in [1.165, 1.54) is 19.1 Å². The van der Waals surface area contributed by atoms with Crippen molar-refractivity contribution >= 4 is 40.6 Å². The molecular weight excluding hydrogens is 362 g/mol. The van der Waals surface area contributed by atoms with Crippen molar-refractivity contribution in [2.24, 2.45) is 0 Å². The number of hydrogen-bond donors (Lipinski definition) is 0. The largest absolute Gasteiger partial charge is 0.468 e. The molecule has 0 unspecified atom stereocenters. The Morgan fingerprint density at radius 3 is 1.92 bits per heavy atom. The van der Waals surface area contributed by atoms with Crippen LogP contribution in [0.1, 0.15) is 34.1 Å². The van der Waals surface area contributed by atoms with E-state index in [0.717, 1.165) is 19.1 Å². The molecule has 1 aromatic rings. The predicted octanol–water partition coefficient (Wildman–Crippen LogP) is 1.04. The Balaban J connectivity index is 2.38. The summed E-state index contributed by atoms with van der Waals surface area (Å²) in [6.45, 7) is 1.26. The molecule has 9 heteroatoms. The van der Waals surface area contributed by atoms with Crippen molar-refractivity contribution in [3.63, 3.8) is 0 Å². The van der Waals surface area contributed by atoms with Crippen LogP contribution in [0.5, 0.6) is 0 Å². The molecule has 1 aliphatic heterocycles. The average Bonchev–Trinajstić information content (AvgIpc) is 2.88. The van der Waals surface area contributed by atoms with E-state index in [0.29, 0.717) is 11.8 Å². The minimum absolute atomic E-state index is 0.167. The molecule has 0 saturated heterocycles. The van der Waals surface area contributed by atoms with Crippen LogP contribution in [0.4, 0.5) is 0 Å². The van der Waals surface area contributed by atoms with Crippen molar-refractivity contribution in [1.82, 2.24) is 4.90 Å². The monoisotopic (exact) mass is 379 g/mol. The predicted molar refractivity (Wildman–Crippen MR) is 91.4 cm³/mol. The van der Waals surface area contributed by atoms with E-state index in [1.54, 1.807) is 12.1 Å². The van der Waals surface area contributed by atoms with Crippen LogP contribution in [0.25, 0.3) is 0 Å². The molecule has 2 rings (SSSR count). The van der Waals surface area contributed by atoms with E-state index in [9.17, 15) is 24.0 Å². The van der Waals surface area contributed by atoms with Crippen LogP contribution in [-0.4, -0.2) is 59.3 Å². The molecule has 1 heterocycles. The summed E-state index contributed by atoms with van der Waals surface area (Å²) < 4.78 is 9.36. The van der Waals surface area contributed by atoms with Gasteiger partial charge in [-0.3, -0.25) is 24.1 Å². The lowest BCUT2D eigenvalue weighted by Crippen LogP contribution is -2.47. The maximum atomic E-state index is 12.6. The van der Waals surface area contributed by atoms with Gasteiger partial charge in [-0.15, -0.1) is 0 Å². The van der Waals surface area contributed by atoms with Crippen molar-refractivity contribution < 1.29 is 33.4 Å². The second-order valence-electron chi connectivity index (χ2n) is 5.42. The number of carbonyl (C=O) groups is 5. The number of imide groups is 1. The van der Waals surface area contributed by atoms with Gasteiger partial charge in [0.2, 0.25) is 0 Å². The fourth-order valence-corrected chi connectivity index (χ4v) is 3.53. The fourth-order valence-electron chi connectivity index (χ4n) is 2.66. The summed E-state index contributed by atoms with van der Waals surface area (Å²) in [5.41, 5.74) is 0.334. The lowest BCUT2D eigenvalue weighted by Gasteiger charge is -2.26. The summed E-state index contributed by atoms with van der Waals surface area (Å²) in [4.78, 5) is 61.6. The number of rotatable bonds is 6. The smallest absolute Gasteiger partial charge is 0.329 e. The highest BCUT2D eigenvalue weighted by molar-refractivity contribution is 8.14. The van der Waals surface area contributed by atoms with E-state index in [4.69, 9.17) is 4.74 Å². The van der Waals surface area contributed by atoms with Crippen molar-refractivity contribution in [2.45, 2.75) is 24.6 Å². The highest BCUT2D eigenvalue weighted by Gasteiger charge is 2.45. The minimum Gasteiger partial charge on any atom is -0.468 e. The number of esters is 2. The molecule has 138 valence electrons. The van der Waals surface area contributed by atoms with Gasteiger partial charge < -0.3 is 9.47 Å². The zero-order valence-corrected chi connectivity index (χ0v) is 15.2. The lowest BCUT2D eigenvalue weighted by atomic mass is 10.1. The summed E-state index contributed by atoms with van der Waals surface area (Å²) in [5, 5.41) is -1.43. The molecule has 0 aliphatic carbocycles. The number of ether oxygens (including phenoxy) is 2. The first-order valence-electron chi connectivity index (χ1n) is 7.61. The zero-order valence-electron chi connectivity index (χ0n) is 14.4. The second-order valence-corrected chi connectivity index (χ2v) is 6.80. The first-order valence-corrected chi connectivity index (χ1v) is 8.49. The Morgan fingerprint density at radius 1 is 1.00 bits per heavy atom. The number of fused-ring (bicyclic) bond motifs is 1. The van der Waals surface area contributed by atoms with Gasteiger partial charge in [0.15, 0.2) is 5.12 Å². The van der Waals surface area contributed by atoms with Gasteiger partial charge in [0.25, 0.3) is 11.8 Å². The van der Waals surface area contributed by atoms with Gasteiger partial charge in [-0.2, -0.15) is 0 Å². The number of methoxy groups -OCH3 is 2. The van der Waals surface area contributed by atoms with Gasteiger partial charge in [0.1, 0.15) is 11.3 Å². The van der Waals surface area contributed by atoms with E-state index in [2.05, 4.69) is 4.74 Å². The third-order valence-corrected chi connectivity index (χ3v) is 4.82. The molecule has 0 aromatic heterocycles. The molecule has 26 heavy (non-hydrogen) atoms. The van der Waals surface area contributed by atoms with E-state index < -0.39 is 35.0 Å². The number of thioether (sulfide) groups is 1. The van der Waals surface area contributed by atoms with Crippen LogP contribution in [0.15, 0.2) is 24.3 Å². The minimum atomic E-state index is -1.36. The van der Waals surface area contributed by atoms with Crippen molar-refractivity contribution in [1.29, 1.82) is 0 Å². The van der Waals surface area contributed by atoms with Crippen LogP contribution in [0.2, 0.25) is 0 Å². The Morgan fingerprint density at radius 2 is 1.50 bits per heavy atom. The van der Waals surface area contributed by atoms with Crippen LogP contribution in [0, 0.1) is 0 Å². The number of benzene rings is 1. The summed E-state index contributed by atoms with van der Waals surface area (Å²) in [6.07, 6.45) is -0.297. The van der Waals surface area contributed by atoms with E-state index in [-0.39, 0.29) is 22.7 Å². The number of carbonyl (C=O) groups excluding carboxylic acids is 5. The molecule has 0 N–H and O–H groups in total. The van der Waals surface area contributed by atoms with Crippen molar-refractivity contribution in [3.05, 3.63) is 35.4 Å². The first-order chi connectivity index (χ1) is 12.3. The summed E-state index contributed by atoms with van der Waals surface area (Å²) in [7, 11) is 2.25. The fraction of sp³-hybridized carbons (Fsp3) is 0.353. The van der Waals surface area contributed by atoms with Crippen LogP contribution >= 0.6 is 11.8 Å². The normalized spacial score (nSPS) is 15.3. The SMILES string of the molecule is COC(=O)[C@H](C[C@H](C(=O)OC)N1C(=O)c2ccccc2C1=O)SC(C)=O. The standard InChI is InChI=1S/C17H17NO7S/c1-9(19)26-13(17(23)25-3)8-12(16(22)24-2)18-14(20)10-6-4-5-7-11(10)15(18)21/h4-7,12-13H,8H2,1-3H3/t12-,13+/m1/s1. The summed E-state index contributed by atoms with van der Waals surface area (Å²) in [5.74, 6) is -2.91. The quantitative estimate of drug-likeness (QED) is 0.533. The average molecular weight is 379 g/mol. The Kier molecular flexibility index (Phi) is 6.14. The third kappa shape index (κ3) is 3.77. The molecule has 1 aliphatic rings. The van der Waals surface area contributed by atoms with Gasteiger partial charge in [-0.25, -0.2) is 4.79 Å². The Bertz CT molecular complexity index is 741. The Hall–Kier alpha value is -2.68. The third-order valence-electron chi connectivity index (χ3n) is 3.82. The lowest BCUT2D eigenvalue weighted by molar-refractivity contribution is -0.146. The van der Waals surface area contributed by atoms with Crippen LogP contribution < -0.4 is 0 Å². The molecule has 0 radical (unpaired) electrons. The maximum Gasteiger partial charge on any atom is 0.329 e. The molecule has 2 amide bonds. The second kappa shape index (κ2) is 8.13. The topological polar surface area (TPSA) is 107 Å². The number of nitrogens with zero attached hydrogens (tertiary/aromatic N) is 1. The number of amides is 2. The van der Waals surface area contributed by atoms with Crippen molar-refractivity contribution in [2.75, 3.05) is 14.2 Å². The molecule has 2 atom stereocenters.